The molecular weight excluding hydrogens is 587 g/mol. The number of anilines is 2. The first-order valence-electron chi connectivity index (χ1n) is 17.1. The Bertz CT molecular complexity index is 2120. The minimum Gasteiger partial charge on any atom is -0.624 e. The summed E-state index contributed by atoms with van der Waals surface area (Å²) in [5.74, 6) is 0.297. The first kappa shape index (κ1) is 29.0. The summed E-state index contributed by atoms with van der Waals surface area (Å²) >= 11 is 0. The number of hydrogen-bond acceptors (Lipinski definition) is 4. The smallest absolute Gasteiger partial charge is 0.0814 e. The number of rotatable bonds is 5. The van der Waals surface area contributed by atoms with Crippen LogP contribution in [0.2, 0.25) is 0 Å². The van der Waals surface area contributed by atoms with Gasteiger partial charge in [0, 0.05) is 29.8 Å². The van der Waals surface area contributed by atoms with Gasteiger partial charge in [-0.2, -0.15) is 0 Å². The molecule has 2 aliphatic heterocycles. The van der Waals surface area contributed by atoms with Gasteiger partial charge in [-0.05, 0) is 45.5 Å². The lowest BCUT2D eigenvalue weighted by Gasteiger charge is -2.50. The Morgan fingerprint density at radius 2 is 1.17 bits per heavy atom. The van der Waals surface area contributed by atoms with Crippen LogP contribution in [-0.2, 0) is 0 Å². The maximum absolute atomic E-state index is 5.26. The van der Waals surface area contributed by atoms with Crippen molar-refractivity contribution >= 4 is 38.5 Å². The molecule has 6 aromatic carbocycles. The summed E-state index contributed by atoms with van der Waals surface area (Å²) in [4.78, 5) is 0. The predicted molar refractivity (Wildman–Crippen MR) is 200 cm³/mol. The minimum atomic E-state index is -0.159. The van der Waals surface area contributed by atoms with E-state index in [0.29, 0.717) is 5.92 Å². The second-order valence-corrected chi connectivity index (χ2v) is 13.0. The highest BCUT2D eigenvalue weighted by Gasteiger charge is 2.23. The number of hydrogen-bond donors (Lipinski definition) is 4. The number of nitrogens with one attached hydrogen (secondary N) is 4. The van der Waals surface area contributed by atoms with E-state index in [4.69, 9.17) is 5.32 Å². The van der Waals surface area contributed by atoms with Gasteiger partial charge in [0.25, 0.3) is 0 Å². The fourth-order valence-electron chi connectivity index (χ4n) is 7.61. The van der Waals surface area contributed by atoms with E-state index >= 15 is 0 Å². The van der Waals surface area contributed by atoms with Crippen molar-refractivity contribution in [1.82, 2.24) is 10.6 Å². The van der Waals surface area contributed by atoms with Gasteiger partial charge in [0.15, 0.2) is 0 Å². The molecular formula is C43H38N5-. The van der Waals surface area contributed by atoms with Crippen molar-refractivity contribution in [3.05, 3.63) is 179 Å². The van der Waals surface area contributed by atoms with Crippen LogP contribution >= 0.6 is 0 Å². The average molecular weight is 625 g/mol. The van der Waals surface area contributed by atoms with Crippen molar-refractivity contribution in [2.75, 3.05) is 23.7 Å². The van der Waals surface area contributed by atoms with Crippen molar-refractivity contribution in [2.24, 2.45) is 0 Å². The molecule has 0 saturated carbocycles. The van der Waals surface area contributed by atoms with Gasteiger partial charge >= 0.3 is 0 Å². The van der Waals surface area contributed by atoms with Gasteiger partial charge in [-0.3, -0.25) is 0 Å². The molecule has 236 valence electrons. The zero-order valence-corrected chi connectivity index (χ0v) is 26.7. The first-order valence-corrected chi connectivity index (χ1v) is 17.1. The zero-order valence-electron chi connectivity index (χ0n) is 26.7. The molecule has 0 spiro atoms. The molecule has 1 saturated heterocycles. The van der Waals surface area contributed by atoms with E-state index in [1.165, 1.54) is 55.2 Å². The van der Waals surface area contributed by atoms with Crippen LogP contribution < -0.4 is 21.3 Å². The fourth-order valence-corrected chi connectivity index (χ4v) is 7.61. The third kappa shape index (κ3) is 5.36. The van der Waals surface area contributed by atoms with Crippen LogP contribution in [0.15, 0.2) is 146 Å². The number of fused-ring (bicyclic) bond motifs is 6. The molecule has 1 aliphatic carbocycles. The first-order chi connectivity index (χ1) is 23.8. The van der Waals surface area contributed by atoms with Crippen LogP contribution in [0.4, 0.5) is 11.4 Å². The van der Waals surface area contributed by atoms with Crippen LogP contribution in [-0.4, -0.2) is 13.1 Å². The Balaban J connectivity index is 1.04. The van der Waals surface area contributed by atoms with Crippen LogP contribution in [0.25, 0.3) is 32.4 Å². The molecule has 5 nitrogen and oxygen atoms in total. The summed E-state index contributed by atoms with van der Waals surface area (Å²) in [6.07, 6.45) is 7.75. The highest BCUT2D eigenvalue weighted by Crippen LogP contribution is 2.43. The topological polar surface area (TPSA) is 62.2 Å². The van der Waals surface area contributed by atoms with Crippen LogP contribution in [0.5, 0.6) is 0 Å². The number of nitrogens with zero attached hydrogens (tertiary/aromatic N) is 1. The monoisotopic (exact) mass is 624 g/mol. The molecule has 4 N–H and O–H groups in total. The molecule has 2 heterocycles. The molecule has 0 radical (unpaired) electrons. The lowest BCUT2D eigenvalue weighted by molar-refractivity contribution is 0.316. The van der Waals surface area contributed by atoms with Crippen LogP contribution in [0.1, 0.15) is 58.7 Å². The lowest BCUT2D eigenvalue weighted by Crippen LogP contribution is -2.44. The average Bonchev–Trinajstić information content (AvgIpc) is 3.18. The predicted octanol–water partition coefficient (Wildman–Crippen LogP) is 9.92. The Morgan fingerprint density at radius 3 is 1.94 bits per heavy atom. The van der Waals surface area contributed by atoms with E-state index in [2.05, 4.69) is 167 Å². The van der Waals surface area contributed by atoms with Crippen LogP contribution in [0.3, 0.4) is 0 Å². The Morgan fingerprint density at radius 1 is 0.521 bits per heavy atom. The van der Waals surface area contributed by atoms with Gasteiger partial charge in [0.1, 0.15) is 0 Å². The molecule has 3 aliphatic rings. The lowest BCUT2D eigenvalue weighted by atomic mass is 9.85. The van der Waals surface area contributed by atoms with Gasteiger partial charge in [0.05, 0.1) is 17.5 Å². The molecule has 0 aromatic heterocycles. The fraction of sp³-hybridized carbons (Fsp3) is 0.163. The quantitative estimate of drug-likeness (QED) is 0.144. The molecule has 4 unspecified atom stereocenters. The SMILES string of the molecule is C1=CC(c2cccc(C3[N-]C(c4ccccc4)NC(c4ccccc4)N3)c2)=CC(c2ccc3c4c(c5ccccc5c3c2)NCCN4)C1. The van der Waals surface area contributed by atoms with Crippen molar-refractivity contribution < 1.29 is 0 Å². The molecule has 5 heteroatoms. The maximum Gasteiger partial charge on any atom is 0.0814 e. The second-order valence-electron chi connectivity index (χ2n) is 13.0. The summed E-state index contributed by atoms with van der Waals surface area (Å²) in [6, 6.07) is 45.9. The van der Waals surface area contributed by atoms with Crippen molar-refractivity contribution in [3.63, 3.8) is 0 Å². The third-order valence-electron chi connectivity index (χ3n) is 10.0. The second kappa shape index (κ2) is 12.4. The van der Waals surface area contributed by atoms with Gasteiger partial charge in [-0.1, -0.05) is 163 Å². The minimum absolute atomic E-state index is 0.0266. The summed E-state index contributed by atoms with van der Waals surface area (Å²) < 4.78 is 0. The van der Waals surface area contributed by atoms with Crippen molar-refractivity contribution in [1.29, 1.82) is 0 Å². The van der Waals surface area contributed by atoms with Crippen molar-refractivity contribution in [3.8, 4) is 0 Å². The van der Waals surface area contributed by atoms with Gasteiger partial charge < -0.3 is 26.6 Å². The van der Waals surface area contributed by atoms with E-state index in [0.717, 1.165) is 30.6 Å². The zero-order chi connectivity index (χ0) is 31.9. The van der Waals surface area contributed by atoms with Gasteiger partial charge in [-0.25, -0.2) is 0 Å². The van der Waals surface area contributed by atoms with E-state index in [9.17, 15) is 0 Å². The molecule has 9 rings (SSSR count). The Hall–Kier alpha value is -5.20. The summed E-state index contributed by atoms with van der Waals surface area (Å²) in [5, 5.41) is 25.3. The van der Waals surface area contributed by atoms with Crippen LogP contribution in [0, 0.1) is 0 Å². The van der Waals surface area contributed by atoms with E-state index in [1.807, 2.05) is 0 Å². The van der Waals surface area contributed by atoms with E-state index in [-0.39, 0.29) is 18.5 Å². The molecule has 6 aromatic rings. The van der Waals surface area contributed by atoms with Gasteiger partial charge in [-0.15, -0.1) is 0 Å². The highest BCUT2D eigenvalue weighted by molar-refractivity contribution is 6.20. The highest BCUT2D eigenvalue weighted by atomic mass is 15.4. The number of benzene rings is 6. The largest absolute Gasteiger partial charge is 0.624 e. The van der Waals surface area contributed by atoms with E-state index < -0.39 is 0 Å². The van der Waals surface area contributed by atoms with Gasteiger partial charge in [0.2, 0.25) is 0 Å². The Kier molecular flexibility index (Phi) is 7.51. The third-order valence-corrected chi connectivity index (χ3v) is 10.0. The summed E-state index contributed by atoms with van der Waals surface area (Å²) in [5.41, 5.74) is 9.79. The van der Waals surface area contributed by atoms with Crippen molar-refractivity contribution in [2.45, 2.75) is 30.8 Å². The molecule has 4 atom stereocenters. The molecule has 1 fully saturated rings. The van der Waals surface area contributed by atoms with E-state index in [1.54, 1.807) is 0 Å². The standard InChI is InChI=1S/C43H38N5/c1-3-11-28(12-4-1)41-46-42(29-13-5-2-6-14-29)48-43(47-41)34-18-10-17-32(26-34)30-15-9-16-31(25-30)33-21-22-37-38(27-33)35-19-7-8-20-36(35)39-40(37)45-24-23-44-39/h1-15,17-22,25-27,31,41-47H,16,23-24H2/q-1. The summed E-state index contributed by atoms with van der Waals surface area (Å²) in [7, 11) is 0. The molecule has 0 amide bonds. The summed E-state index contributed by atoms with van der Waals surface area (Å²) in [6.45, 7) is 1.87. The Labute approximate surface area is 281 Å². The molecule has 0 bridgehead atoms. The maximum atomic E-state index is 5.26. The number of allylic oxidation sites excluding steroid dienone is 4. The normalized spacial score (nSPS) is 22.0. The molecule has 48 heavy (non-hydrogen) atoms.